The third-order valence-corrected chi connectivity index (χ3v) is 4.21. The lowest BCUT2D eigenvalue weighted by Gasteiger charge is -2.22. The predicted molar refractivity (Wildman–Crippen MR) is 69.8 cm³/mol. The molecule has 3 nitrogen and oxygen atoms in total. The zero-order valence-electron chi connectivity index (χ0n) is 10.2. The number of rotatable bonds is 5. The van der Waals surface area contributed by atoms with Gasteiger partial charge in [0.1, 0.15) is 11.1 Å². The van der Waals surface area contributed by atoms with E-state index in [1.807, 2.05) is 17.0 Å². The number of amides is 1. The topological polar surface area (TPSA) is 33.5 Å². The fourth-order valence-corrected chi connectivity index (χ4v) is 3.29. The van der Waals surface area contributed by atoms with Crippen molar-refractivity contribution in [1.82, 2.24) is 4.90 Å². The first kappa shape index (κ1) is 12.6. The van der Waals surface area contributed by atoms with Crippen LogP contribution in [0.25, 0.3) is 0 Å². The highest BCUT2D eigenvalue weighted by Gasteiger charge is 2.31. The third-order valence-electron chi connectivity index (χ3n) is 2.99. The third kappa shape index (κ3) is 3.06. The van der Waals surface area contributed by atoms with Crippen molar-refractivity contribution in [3.8, 4) is 0 Å². The van der Waals surface area contributed by atoms with Crippen molar-refractivity contribution in [1.29, 1.82) is 0 Å². The van der Waals surface area contributed by atoms with E-state index in [0.29, 0.717) is 6.42 Å². The molecule has 2 rings (SSSR count). The van der Waals surface area contributed by atoms with Crippen molar-refractivity contribution >= 4 is 17.7 Å². The number of thioether (sulfide) groups is 1. The second-order valence-corrected chi connectivity index (χ2v) is 5.47. The highest BCUT2D eigenvalue weighted by Crippen LogP contribution is 2.38. The molecule has 1 saturated heterocycles. The SMILES string of the molecule is CCCCCC(=O)N1CCS[C@@H]1c1ccco1. The van der Waals surface area contributed by atoms with Crippen LogP contribution in [0.15, 0.2) is 22.8 Å². The smallest absolute Gasteiger partial charge is 0.223 e. The second-order valence-electron chi connectivity index (χ2n) is 4.28. The van der Waals surface area contributed by atoms with Gasteiger partial charge >= 0.3 is 0 Å². The Bertz CT molecular complexity index is 350. The summed E-state index contributed by atoms with van der Waals surface area (Å²) in [6.07, 6.45) is 5.64. The summed E-state index contributed by atoms with van der Waals surface area (Å²) < 4.78 is 5.41. The van der Waals surface area contributed by atoms with Gasteiger partial charge in [-0.1, -0.05) is 19.8 Å². The van der Waals surface area contributed by atoms with Gasteiger partial charge in [-0.15, -0.1) is 11.8 Å². The molecule has 0 aromatic carbocycles. The van der Waals surface area contributed by atoms with Gasteiger partial charge in [0, 0.05) is 18.7 Å². The van der Waals surface area contributed by atoms with Crippen molar-refractivity contribution in [2.45, 2.75) is 38.0 Å². The summed E-state index contributed by atoms with van der Waals surface area (Å²) in [5.74, 6) is 2.17. The molecule has 0 radical (unpaired) electrons. The minimum atomic E-state index is 0.0964. The molecule has 1 aromatic heterocycles. The Morgan fingerprint density at radius 3 is 3.18 bits per heavy atom. The van der Waals surface area contributed by atoms with Crippen molar-refractivity contribution in [3.63, 3.8) is 0 Å². The van der Waals surface area contributed by atoms with Crippen LogP contribution in [0.2, 0.25) is 0 Å². The molecule has 17 heavy (non-hydrogen) atoms. The fourth-order valence-electron chi connectivity index (χ4n) is 2.06. The van der Waals surface area contributed by atoms with Gasteiger partial charge in [0.2, 0.25) is 5.91 Å². The van der Waals surface area contributed by atoms with Crippen molar-refractivity contribution in [3.05, 3.63) is 24.2 Å². The molecule has 1 amide bonds. The summed E-state index contributed by atoms with van der Waals surface area (Å²) in [7, 11) is 0. The average Bonchev–Trinajstić information content (AvgIpc) is 2.99. The predicted octanol–water partition coefficient (Wildman–Crippen LogP) is 3.43. The van der Waals surface area contributed by atoms with Crippen LogP contribution in [0, 0.1) is 0 Å². The number of hydrogen-bond donors (Lipinski definition) is 0. The van der Waals surface area contributed by atoms with Crippen molar-refractivity contribution in [2.24, 2.45) is 0 Å². The van der Waals surface area contributed by atoms with E-state index in [1.54, 1.807) is 18.0 Å². The molecule has 0 aliphatic carbocycles. The Morgan fingerprint density at radius 1 is 1.59 bits per heavy atom. The molecule has 2 heterocycles. The summed E-state index contributed by atoms with van der Waals surface area (Å²) >= 11 is 1.79. The first-order chi connectivity index (χ1) is 8.33. The molecule has 0 spiro atoms. The van der Waals surface area contributed by atoms with E-state index in [9.17, 15) is 4.79 Å². The van der Waals surface area contributed by atoms with Gasteiger partial charge in [0.25, 0.3) is 0 Å². The zero-order chi connectivity index (χ0) is 12.1. The van der Waals surface area contributed by atoms with Gasteiger partial charge < -0.3 is 9.32 Å². The van der Waals surface area contributed by atoms with Gasteiger partial charge in [-0.2, -0.15) is 0 Å². The second kappa shape index (κ2) is 6.15. The number of nitrogens with zero attached hydrogens (tertiary/aromatic N) is 1. The van der Waals surface area contributed by atoms with Gasteiger partial charge in [-0.05, 0) is 18.6 Å². The summed E-state index contributed by atoms with van der Waals surface area (Å²) in [6, 6.07) is 3.84. The molecule has 0 saturated carbocycles. The Kier molecular flexibility index (Phi) is 4.54. The normalized spacial score (nSPS) is 19.8. The van der Waals surface area contributed by atoms with Gasteiger partial charge in [-0.3, -0.25) is 4.79 Å². The molecule has 1 aliphatic rings. The number of hydrogen-bond acceptors (Lipinski definition) is 3. The maximum absolute atomic E-state index is 12.1. The number of furan rings is 1. The molecule has 4 heteroatoms. The molecule has 1 fully saturated rings. The average molecular weight is 253 g/mol. The number of carbonyl (C=O) groups is 1. The van der Waals surface area contributed by atoms with Crippen LogP contribution in [0.5, 0.6) is 0 Å². The van der Waals surface area contributed by atoms with Crippen molar-refractivity contribution in [2.75, 3.05) is 12.3 Å². The Balaban J connectivity index is 1.93. The summed E-state index contributed by atoms with van der Waals surface area (Å²) in [6.45, 7) is 3.00. The number of unbranched alkanes of at least 4 members (excludes halogenated alkanes) is 2. The van der Waals surface area contributed by atoms with Gasteiger partial charge in [-0.25, -0.2) is 0 Å². The first-order valence-corrected chi connectivity index (χ1v) is 7.32. The first-order valence-electron chi connectivity index (χ1n) is 6.27. The molecule has 1 atom stereocenters. The van der Waals surface area contributed by atoms with Crippen LogP contribution >= 0.6 is 11.8 Å². The molecule has 0 unspecified atom stereocenters. The maximum atomic E-state index is 12.1. The minimum absolute atomic E-state index is 0.0964. The van der Waals surface area contributed by atoms with E-state index in [0.717, 1.165) is 37.3 Å². The quantitative estimate of drug-likeness (QED) is 0.754. The highest BCUT2D eigenvalue weighted by atomic mass is 32.2. The highest BCUT2D eigenvalue weighted by molar-refractivity contribution is 7.99. The van der Waals surface area contributed by atoms with Crippen LogP contribution in [-0.4, -0.2) is 23.1 Å². The Hall–Kier alpha value is -0.900. The largest absolute Gasteiger partial charge is 0.466 e. The molecule has 0 N–H and O–H groups in total. The molecular formula is C13H19NO2S. The number of carbonyl (C=O) groups excluding carboxylic acids is 1. The van der Waals surface area contributed by atoms with E-state index in [-0.39, 0.29) is 11.3 Å². The lowest BCUT2D eigenvalue weighted by Crippen LogP contribution is -2.29. The minimum Gasteiger partial charge on any atom is -0.466 e. The molecule has 1 aromatic rings. The van der Waals surface area contributed by atoms with E-state index < -0.39 is 0 Å². The van der Waals surface area contributed by atoms with E-state index in [1.165, 1.54) is 0 Å². The molecule has 1 aliphatic heterocycles. The van der Waals surface area contributed by atoms with Gasteiger partial charge in [0.05, 0.1) is 6.26 Å². The van der Waals surface area contributed by atoms with E-state index in [4.69, 9.17) is 4.42 Å². The van der Waals surface area contributed by atoms with Gasteiger partial charge in [0.15, 0.2) is 0 Å². The monoisotopic (exact) mass is 253 g/mol. The fraction of sp³-hybridized carbons (Fsp3) is 0.615. The van der Waals surface area contributed by atoms with Crippen molar-refractivity contribution < 1.29 is 9.21 Å². The summed E-state index contributed by atoms with van der Waals surface area (Å²) in [5, 5.41) is 0.0964. The van der Waals surface area contributed by atoms with E-state index in [2.05, 4.69) is 6.92 Å². The van der Waals surface area contributed by atoms with Crippen LogP contribution in [0.1, 0.15) is 43.7 Å². The molecule has 94 valence electrons. The van der Waals surface area contributed by atoms with E-state index >= 15 is 0 Å². The molecular weight excluding hydrogens is 234 g/mol. The Labute approximate surface area is 107 Å². The lowest BCUT2D eigenvalue weighted by atomic mass is 10.2. The maximum Gasteiger partial charge on any atom is 0.223 e. The Morgan fingerprint density at radius 2 is 2.47 bits per heavy atom. The lowest BCUT2D eigenvalue weighted by molar-refractivity contribution is -0.131. The zero-order valence-corrected chi connectivity index (χ0v) is 11.0. The van der Waals surface area contributed by atoms with Crippen LogP contribution in [-0.2, 0) is 4.79 Å². The van der Waals surface area contributed by atoms with Crippen LogP contribution in [0.3, 0.4) is 0 Å². The standard InChI is InChI=1S/C13H19NO2S/c1-2-3-4-7-12(15)14-8-10-17-13(14)11-6-5-9-16-11/h5-6,9,13H,2-4,7-8,10H2,1H3/t13-/m1/s1. The summed E-state index contributed by atoms with van der Waals surface area (Å²) in [4.78, 5) is 14.1. The van der Waals surface area contributed by atoms with Crippen LogP contribution in [0.4, 0.5) is 0 Å². The van der Waals surface area contributed by atoms with Crippen LogP contribution < -0.4 is 0 Å². The summed E-state index contributed by atoms with van der Waals surface area (Å²) in [5.41, 5.74) is 0. The molecule has 0 bridgehead atoms.